The summed E-state index contributed by atoms with van der Waals surface area (Å²) in [5, 5.41) is 32.2. The Morgan fingerprint density at radius 1 is 1.00 bits per heavy atom. The number of aliphatic hydroxyl groups excluding tert-OH is 2. The van der Waals surface area contributed by atoms with Gasteiger partial charge in [-0.15, -0.1) is 0 Å². The molecule has 0 bridgehead atoms. The quantitative estimate of drug-likeness (QED) is 0.189. The van der Waals surface area contributed by atoms with Gasteiger partial charge < -0.3 is 20.1 Å². The normalized spacial score (nSPS) is 21.8. The van der Waals surface area contributed by atoms with Gasteiger partial charge in [0.2, 0.25) is 11.8 Å². The maximum absolute atomic E-state index is 13.7. The SMILES string of the molecule is COCC1=C([C@H](O)CC/C(=C/c2cccc(O)c2)c2ccccc2)[C@H](CO)[C@@H]2C(=O)N(c3ccccc3)C(=O)[C@@H]2C1. The number of hydrogen-bond acceptors (Lipinski definition) is 6. The molecule has 0 aromatic heterocycles. The minimum atomic E-state index is -0.955. The molecule has 0 spiro atoms. The van der Waals surface area contributed by atoms with Crippen molar-refractivity contribution in [2.45, 2.75) is 25.4 Å². The molecule has 212 valence electrons. The Balaban J connectivity index is 1.44. The Hall–Kier alpha value is -4.04. The van der Waals surface area contributed by atoms with Crippen LogP contribution in [0.3, 0.4) is 0 Å². The number of anilines is 1. The van der Waals surface area contributed by atoms with Crippen LogP contribution in [0.5, 0.6) is 5.75 Å². The minimum absolute atomic E-state index is 0.170. The highest BCUT2D eigenvalue weighted by Gasteiger charge is 2.55. The van der Waals surface area contributed by atoms with Crippen LogP contribution < -0.4 is 4.90 Å². The van der Waals surface area contributed by atoms with Crippen LogP contribution in [0.2, 0.25) is 0 Å². The maximum atomic E-state index is 13.7. The van der Waals surface area contributed by atoms with Gasteiger partial charge in [-0.3, -0.25) is 14.5 Å². The lowest BCUT2D eigenvalue weighted by atomic mass is 9.68. The Kier molecular flexibility index (Phi) is 8.78. The predicted molar refractivity (Wildman–Crippen MR) is 158 cm³/mol. The van der Waals surface area contributed by atoms with Crippen molar-refractivity contribution in [2.75, 3.05) is 25.2 Å². The number of amides is 2. The highest BCUT2D eigenvalue weighted by atomic mass is 16.5. The largest absolute Gasteiger partial charge is 0.508 e. The first-order valence-electron chi connectivity index (χ1n) is 13.9. The van der Waals surface area contributed by atoms with Crippen molar-refractivity contribution in [1.29, 1.82) is 0 Å². The molecule has 1 aliphatic carbocycles. The monoisotopic (exact) mass is 553 g/mol. The van der Waals surface area contributed by atoms with Crippen molar-refractivity contribution >= 4 is 29.2 Å². The van der Waals surface area contributed by atoms with Crippen LogP contribution in [-0.4, -0.2) is 53.6 Å². The summed E-state index contributed by atoms with van der Waals surface area (Å²) in [6.45, 7) is -0.170. The number of phenolic OH excluding ortho intramolecular Hbond substituents is 1. The van der Waals surface area contributed by atoms with Gasteiger partial charge in [-0.05, 0) is 71.4 Å². The predicted octanol–water partition coefficient (Wildman–Crippen LogP) is 4.83. The molecule has 7 nitrogen and oxygen atoms in total. The van der Waals surface area contributed by atoms with Gasteiger partial charge in [0.25, 0.3) is 0 Å². The van der Waals surface area contributed by atoms with E-state index in [9.17, 15) is 24.9 Å². The first-order valence-corrected chi connectivity index (χ1v) is 13.9. The van der Waals surface area contributed by atoms with Crippen LogP contribution in [0.15, 0.2) is 96.1 Å². The molecule has 5 rings (SSSR count). The zero-order valence-electron chi connectivity index (χ0n) is 23.0. The van der Waals surface area contributed by atoms with E-state index in [-0.39, 0.29) is 30.8 Å². The molecule has 3 aromatic rings. The molecular formula is C34H35NO6. The van der Waals surface area contributed by atoms with Gasteiger partial charge in [0.1, 0.15) is 5.75 Å². The fourth-order valence-corrected chi connectivity index (χ4v) is 6.31. The zero-order chi connectivity index (χ0) is 28.9. The summed E-state index contributed by atoms with van der Waals surface area (Å²) in [4.78, 5) is 28.4. The van der Waals surface area contributed by atoms with E-state index >= 15 is 0 Å². The third-order valence-corrected chi connectivity index (χ3v) is 8.12. The number of ether oxygens (including phenoxy) is 1. The second-order valence-electron chi connectivity index (χ2n) is 10.6. The number of allylic oxidation sites excluding steroid dienone is 1. The smallest absolute Gasteiger partial charge is 0.238 e. The van der Waals surface area contributed by atoms with Crippen LogP contribution in [-0.2, 0) is 14.3 Å². The van der Waals surface area contributed by atoms with Crippen molar-refractivity contribution in [3.63, 3.8) is 0 Å². The van der Waals surface area contributed by atoms with E-state index in [0.29, 0.717) is 30.5 Å². The number of imide groups is 1. The van der Waals surface area contributed by atoms with Gasteiger partial charge in [-0.1, -0.05) is 66.7 Å². The molecule has 1 fully saturated rings. The Morgan fingerprint density at radius 3 is 2.37 bits per heavy atom. The molecule has 0 unspecified atom stereocenters. The summed E-state index contributed by atoms with van der Waals surface area (Å²) in [5.74, 6) is -2.54. The Labute approximate surface area is 240 Å². The molecule has 7 heteroatoms. The van der Waals surface area contributed by atoms with E-state index in [0.717, 1.165) is 22.3 Å². The average molecular weight is 554 g/mol. The number of aromatic hydroxyl groups is 1. The number of carbonyl (C=O) groups excluding carboxylic acids is 2. The molecule has 1 heterocycles. The van der Waals surface area contributed by atoms with Crippen LogP contribution >= 0.6 is 0 Å². The lowest BCUT2D eigenvalue weighted by Gasteiger charge is -2.36. The van der Waals surface area contributed by atoms with E-state index in [1.54, 1.807) is 49.6 Å². The molecule has 0 radical (unpaired) electrons. The summed E-state index contributed by atoms with van der Waals surface area (Å²) >= 11 is 0. The fraction of sp³-hybridized carbons (Fsp3) is 0.294. The molecule has 2 amide bonds. The topological polar surface area (TPSA) is 107 Å². The number of aliphatic hydroxyl groups is 2. The molecular weight excluding hydrogens is 518 g/mol. The summed E-state index contributed by atoms with van der Waals surface area (Å²) in [6.07, 6.45) is 2.16. The van der Waals surface area contributed by atoms with Crippen molar-refractivity contribution in [1.82, 2.24) is 0 Å². The van der Waals surface area contributed by atoms with Crippen LogP contribution in [0, 0.1) is 17.8 Å². The summed E-state index contributed by atoms with van der Waals surface area (Å²) < 4.78 is 5.47. The van der Waals surface area contributed by atoms with E-state index in [1.807, 2.05) is 48.5 Å². The molecule has 0 saturated carbocycles. The van der Waals surface area contributed by atoms with E-state index in [2.05, 4.69) is 0 Å². The lowest BCUT2D eigenvalue weighted by Crippen LogP contribution is -2.39. The average Bonchev–Trinajstić information content (AvgIpc) is 3.24. The Morgan fingerprint density at radius 2 is 1.71 bits per heavy atom. The maximum Gasteiger partial charge on any atom is 0.238 e. The van der Waals surface area contributed by atoms with Crippen molar-refractivity contribution in [3.8, 4) is 5.75 Å². The number of rotatable bonds is 10. The third kappa shape index (κ3) is 5.88. The molecule has 41 heavy (non-hydrogen) atoms. The van der Waals surface area contributed by atoms with Crippen LogP contribution in [0.1, 0.15) is 30.4 Å². The first-order chi connectivity index (χ1) is 19.9. The minimum Gasteiger partial charge on any atom is -0.508 e. The van der Waals surface area contributed by atoms with Gasteiger partial charge in [0.15, 0.2) is 0 Å². The highest BCUT2D eigenvalue weighted by Crippen LogP contribution is 2.47. The molecule has 2 aliphatic rings. The number of hydrogen-bond donors (Lipinski definition) is 3. The van der Waals surface area contributed by atoms with Crippen molar-refractivity contribution in [3.05, 3.63) is 107 Å². The number of carbonyl (C=O) groups is 2. The molecule has 4 atom stereocenters. The standard InChI is InChI=1S/C34H35NO6/c1-41-21-25-19-28-32(34(40)35(33(28)39)26-12-6-3-7-13-26)29(20-36)31(25)30(38)16-15-24(23-10-4-2-5-11-23)17-22-9-8-14-27(37)18-22/h2-14,17-18,28-30,32,36-38H,15-16,19-21H2,1H3/b24-17-/t28-,29+,30-,32-/m1/s1. The van der Waals surface area contributed by atoms with Gasteiger partial charge in [-0.25, -0.2) is 0 Å². The number of phenols is 1. The Bertz CT molecular complexity index is 1450. The van der Waals surface area contributed by atoms with Crippen LogP contribution in [0.25, 0.3) is 11.6 Å². The second kappa shape index (κ2) is 12.6. The third-order valence-electron chi connectivity index (χ3n) is 8.12. The molecule has 3 N–H and O–H groups in total. The van der Waals surface area contributed by atoms with Gasteiger partial charge in [0, 0.05) is 13.0 Å². The number of fused-ring (bicyclic) bond motifs is 1. The molecule has 1 aliphatic heterocycles. The van der Waals surface area contributed by atoms with Gasteiger partial charge in [-0.2, -0.15) is 0 Å². The highest BCUT2D eigenvalue weighted by molar-refractivity contribution is 6.22. The summed E-state index contributed by atoms with van der Waals surface area (Å²) in [7, 11) is 1.56. The summed E-state index contributed by atoms with van der Waals surface area (Å²) in [6, 6.07) is 25.7. The van der Waals surface area contributed by atoms with Crippen molar-refractivity contribution < 1.29 is 29.6 Å². The summed E-state index contributed by atoms with van der Waals surface area (Å²) in [5.41, 5.74) is 4.66. The number of para-hydroxylation sites is 1. The number of methoxy groups -OCH3 is 1. The van der Waals surface area contributed by atoms with Gasteiger partial charge >= 0.3 is 0 Å². The molecule has 1 saturated heterocycles. The first kappa shape index (κ1) is 28.5. The van der Waals surface area contributed by atoms with Gasteiger partial charge in [0.05, 0.1) is 36.8 Å². The lowest BCUT2D eigenvalue weighted by molar-refractivity contribution is -0.123. The van der Waals surface area contributed by atoms with E-state index in [4.69, 9.17) is 4.74 Å². The second-order valence-corrected chi connectivity index (χ2v) is 10.6. The zero-order valence-corrected chi connectivity index (χ0v) is 23.0. The van der Waals surface area contributed by atoms with E-state index < -0.39 is 23.9 Å². The van der Waals surface area contributed by atoms with Crippen LogP contribution in [0.4, 0.5) is 5.69 Å². The molecule has 3 aromatic carbocycles. The fourth-order valence-electron chi connectivity index (χ4n) is 6.31. The number of nitrogens with zero attached hydrogens (tertiary/aromatic N) is 1. The van der Waals surface area contributed by atoms with E-state index in [1.165, 1.54) is 4.90 Å². The number of benzene rings is 3. The van der Waals surface area contributed by atoms with Crippen molar-refractivity contribution in [2.24, 2.45) is 17.8 Å².